The van der Waals surface area contributed by atoms with Gasteiger partial charge in [0.1, 0.15) is 5.75 Å². The molecule has 2 saturated heterocycles. The van der Waals surface area contributed by atoms with Crippen LogP contribution in [0.4, 0.5) is 5.69 Å². The third-order valence-electron chi connectivity index (χ3n) is 5.62. The summed E-state index contributed by atoms with van der Waals surface area (Å²) >= 11 is 0. The van der Waals surface area contributed by atoms with E-state index >= 15 is 0 Å². The molecule has 2 fully saturated rings. The SMILES string of the molecule is CN(C)C1(CNC(=O)C2CC(=O)N(c3ccc(O)cc3)C2)CCOCC1. The predicted molar refractivity (Wildman–Crippen MR) is 98.0 cm³/mol. The number of aromatic hydroxyl groups is 1. The van der Waals surface area contributed by atoms with Crippen LogP contribution in [0.5, 0.6) is 5.75 Å². The lowest BCUT2D eigenvalue weighted by Gasteiger charge is -2.43. The summed E-state index contributed by atoms with van der Waals surface area (Å²) in [5, 5.41) is 12.5. The highest BCUT2D eigenvalue weighted by atomic mass is 16.5. The van der Waals surface area contributed by atoms with Crippen LogP contribution in [0.2, 0.25) is 0 Å². The standard InChI is InChI=1S/C19H27N3O4/c1-21(2)19(7-9-26-10-8-19)13-20-18(25)14-11-17(24)22(12-14)15-3-5-16(23)6-4-15/h3-6,14,23H,7-13H2,1-2H3,(H,20,25). The highest BCUT2D eigenvalue weighted by molar-refractivity contribution is 6.00. The Hall–Kier alpha value is -2.12. The molecule has 1 aromatic carbocycles. The van der Waals surface area contributed by atoms with Gasteiger partial charge in [0.15, 0.2) is 0 Å². The zero-order valence-corrected chi connectivity index (χ0v) is 15.4. The maximum absolute atomic E-state index is 12.6. The average molecular weight is 361 g/mol. The Bertz CT molecular complexity index is 653. The molecule has 1 aromatic rings. The topological polar surface area (TPSA) is 82.1 Å². The molecule has 142 valence electrons. The monoisotopic (exact) mass is 361 g/mol. The summed E-state index contributed by atoms with van der Waals surface area (Å²) in [5.74, 6) is -0.341. The van der Waals surface area contributed by atoms with Crippen LogP contribution in [-0.2, 0) is 14.3 Å². The molecule has 1 atom stereocenters. The fourth-order valence-corrected chi connectivity index (χ4v) is 3.69. The van der Waals surface area contributed by atoms with Crippen LogP contribution < -0.4 is 10.2 Å². The van der Waals surface area contributed by atoms with Crippen LogP contribution in [0.3, 0.4) is 0 Å². The van der Waals surface area contributed by atoms with Crippen LogP contribution in [0.1, 0.15) is 19.3 Å². The maximum Gasteiger partial charge on any atom is 0.227 e. The number of nitrogens with one attached hydrogen (secondary N) is 1. The Balaban J connectivity index is 1.60. The average Bonchev–Trinajstić information content (AvgIpc) is 3.03. The Labute approximate surface area is 153 Å². The highest BCUT2D eigenvalue weighted by Crippen LogP contribution is 2.28. The first-order chi connectivity index (χ1) is 12.4. The molecule has 0 bridgehead atoms. The molecule has 0 radical (unpaired) electrons. The van der Waals surface area contributed by atoms with Crippen molar-refractivity contribution in [2.45, 2.75) is 24.8 Å². The molecule has 7 heteroatoms. The highest BCUT2D eigenvalue weighted by Gasteiger charge is 2.38. The molecule has 2 aliphatic rings. The lowest BCUT2D eigenvalue weighted by Crippen LogP contribution is -2.56. The van der Waals surface area contributed by atoms with E-state index in [1.54, 1.807) is 29.2 Å². The molecular weight excluding hydrogens is 334 g/mol. The quantitative estimate of drug-likeness (QED) is 0.817. The number of rotatable bonds is 5. The van der Waals surface area contributed by atoms with Gasteiger partial charge in [0.2, 0.25) is 11.8 Å². The fraction of sp³-hybridized carbons (Fsp3) is 0.579. The van der Waals surface area contributed by atoms with E-state index in [0.29, 0.717) is 32.0 Å². The van der Waals surface area contributed by atoms with Gasteiger partial charge in [0.05, 0.1) is 5.92 Å². The van der Waals surface area contributed by atoms with Gasteiger partial charge in [-0.2, -0.15) is 0 Å². The Kier molecular flexibility index (Phi) is 5.48. The zero-order valence-electron chi connectivity index (χ0n) is 15.4. The third-order valence-corrected chi connectivity index (χ3v) is 5.62. The van der Waals surface area contributed by atoms with Crippen molar-refractivity contribution in [3.63, 3.8) is 0 Å². The number of hydrogen-bond donors (Lipinski definition) is 2. The molecule has 2 N–H and O–H groups in total. The molecule has 26 heavy (non-hydrogen) atoms. The van der Waals surface area contributed by atoms with E-state index < -0.39 is 0 Å². The van der Waals surface area contributed by atoms with E-state index in [2.05, 4.69) is 10.2 Å². The van der Waals surface area contributed by atoms with E-state index in [-0.39, 0.29) is 35.4 Å². The third kappa shape index (κ3) is 3.83. The Morgan fingerprint density at radius 2 is 1.96 bits per heavy atom. The van der Waals surface area contributed by atoms with Gasteiger partial charge in [0, 0.05) is 44.0 Å². The van der Waals surface area contributed by atoms with Gasteiger partial charge in [-0.25, -0.2) is 0 Å². The minimum absolute atomic E-state index is 0.0655. The van der Waals surface area contributed by atoms with Crippen molar-refractivity contribution in [1.29, 1.82) is 0 Å². The first-order valence-electron chi connectivity index (χ1n) is 9.03. The van der Waals surface area contributed by atoms with Crippen LogP contribution in [-0.4, -0.2) is 67.8 Å². The van der Waals surface area contributed by atoms with E-state index in [4.69, 9.17) is 4.74 Å². The summed E-state index contributed by atoms with van der Waals surface area (Å²) in [5.41, 5.74) is 0.616. The second kappa shape index (κ2) is 7.63. The summed E-state index contributed by atoms with van der Waals surface area (Å²) in [7, 11) is 4.06. The number of carbonyl (C=O) groups excluding carboxylic acids is 2. The van der Waals surface area contributed by atoms with E-state index in [0.717, 1.165) is 12.8 Å². The smallest absolute Gasteiger partial charge is 0.227 e. The van der Waals surface area contributed by atoms with Gasteiger partial charge in [-0.1, -0.05) is 0 Å². The van der Waals surface area contributed by atoms with E-state index in [9.17, 15) is 14.7 Å². The molecule has 2 aliphatic heterocycles. The van der Waals surface area contributed by atoms with Gasteiger partial charge in [-0.15, -0.1) is 0 Å². The van der Waals surface area contributed by atoms with Crippen molar-refractivity contribution in [2.24, 2.45) is 5.92 Å². The number of amides is 2. The van der Waals surface area contributed by atoms with Gasteiger partial charge < -0.3 is 25.0 Å². The number of carbonyl (C=O) groups is 2. The molecule has 2 heterocycles. The molecular formula is C19H27N3O4. The lowest BCUT2D eigenvalue weighted by atomic mass is 9.88. The molecule has 2 amide bonds. The van der Waals surface area contributed by atoms with Crippen LogP contribution in [0.25, 0.3) is 0 Å². The number of hydrogen-bond acceptors (Lipinski definition) is 5. The maximum atomic E-state index is 12.6. The van der Waals surface area contributed by atoms with Crippen LogP contribution in [0.15, 0.2) is 24.3 Å². The Morgan fingerprint density at radius 3 is 2.58 bits per heavy atom. The summed E-state index contributed by atoms with van der Waals surface area (Å²) in [4.78, 5) is 28.7. The summed E-state index contributed by atoms with van der Waals surface area (Å²) in [6.07, 6.45) is 1.97. The number of phenolic OH excluding ortho intramolecular Hbond substituents is 1. The number of ether oxygens (including phenoxy) is 1. The van der Waals surface area contributed by atoms with Crippen molar-refractivity contribution in [1.82, 2.24) is 10.2 Å². The normalized spacial score (nSPS) is 22.7. The van der Waals surface area contributed by atoms with Gasteiger partial charge in [0.25, 0.3) is 0 Å². The van der Waals surface area contributed by atoms with Crippen molar-refractivity contribution in [3.8, 4) is 5.75 Å². The summed E-state index contributed by atoms with van der Waals surface area (Å²) in [6.45, 7) is 2.33. The van der Waals surface area contributed by atoms with Crippen LogP contribution in [0, 0.1) is 5.92 Å². The first-order valence-corrected chi connectivity index (χ1v) is 9.03. The molecule has 3 rings (SSSR count). The largest absolute Gasteiger partial charge is 0.508 e. The first kappa shape index (κ1) is 18.7. The van der Waals surface area contributed by atoms with Crippen LogP contribution >= 0.6 is 0 Å². The van der Waals surface area contributed by atoms with Crippen molar-refractivity contribution in [2.75, 3.05) is 45.3 Å². The van der Waals surface area contributed by atoms with E-state index in [1.807, 2.05) is 14.1 Å². The molecule has 7 nitrogen and oxygen atoms in total. The predicted octanol–water partition coefficient (Wildman–Crippen LogP) is 0.972. The lowest BCUT2D eigenvalue weighted by molar-refractivity contribution is -0.127. The number of nitrogens with zero attached hydrogens (tertiary/aromatic N) is 2. The minimum atomic E-state index is -0.352. The zero-order chi connectivity index (χ0) is 18.7. The molecule has 0 saturated carbocycles. The summed E-state index contributed by atoms with van der Waals surface area (Å²) in [6, 6.07) is 6.47. The minimum Gasteiger partial charge on any atom is -0.508 e. The molecule has 0 aromatic heterocycles. The van der Waals surface area contributed by atoms with Crippen molar-refractivity contribution in [3.05, 3.63) is 24.3 Å². The summed E-state index contributed by atoms with van der Waals surface area (Å²) < 4.78 is 5.46. The number of anilines is 1. The van der Waals surface area contributed by atoms with Gasteiger partial charge >= 0.3 is 0 Å². The number of likely N-dealkylation sites (N-methyl/N-ethyl adjacent to an activating group) is 1. The number of benzene rings is 1. The van der Waals surface area contributed by atoms with E-state index in [1.165, 1.54) is 0 Å². The van der Waals surface area contributed by atoms with Crippen molar-refractivity contribution < 1.29 is 19.4 Å². The molecule has 0 aliphatic carbocycles. The second-order valence-electron chi connectivity index (χ2n) is 7.37. The second-order valence-corrected chi connectivity index (χ2v) is 7.37. The molecule has 1 unspecified atom stereocenters. The van der Waals surface area contributed by atoms with Gasteiger partial charge in [-0.3, -0.25) is 9.59 Å². The van der Waals surface area contributed by atoms with Gasteiger partial charge in [-0.05, 0) is 51.2 Å². The van der Waals surface area contributed by atoms with Crippen molar-refractivity contribution >= 4 is 17.5 Å². The fourth-order valence-electron chi connectivity index (χ4n) is 3.69. The Morgan fingerprint density at radius 1 is 1.31 bits per heavy atom. The number of phenols is 1. The molecule has 0 spiro atoms.